The van der Waals surface area contributed by atoms with Crippen LogP contribution in [0, 0.1) is 5.92 Å². The van der Waals surface area contributed by atoms with Crippen LogP contribution >= 0.6 is 0 Å². The summed E-state index contributed by atoms with van der Waals surface area (Å²) in [4.78, 5) is 19.7. The standard InChI is InChI=1S/C19H23N3O3/c23-18(21-9-6-19(7-10-21)24-11-12-25-19)14-5-8-22-16-4-2-1-3-15(16)20-17(22)13-14/h1-4,14H,5-13H2. The first kappa shape index (κ1) is 15.3. The number of likely N-dealkylation sites (tertiary alicyclic amines) is 1. The van der Waals surface area contributed by atoms with Gasteiger partial charge >= 0.3 is 0 Å². The van der Waals surface area contributed by atoms with Gasteiger partial charge in [-0.1, -0.05) is 12.1 Å². The van der Waals surface area contributed by atoms with E-state index in [9.17, 15) is 4.79 Å². The van der Waals surface area contributed by atoms with Crippen molar-refractivity contribution in [2.24, 2.45) is 5.92 Å². The van der Waals surface area contributed by atoms with Gasteiger partial charge in [-0.2, -0.15) is 0 Å². The summed E-state index contributed by atoms with van der Waals surface area (Å²) in [6.45, 7) is 3.67. The van der Waals surface area contributed by atoms with E-state index in [0.717, 1.165) is 56.7 Å². The lowest BCUT2D eigenvalue weighted by Crippen LogP contribution is -2.49. The number of hydrogen-bond donors (Lipinski definition) is 0. The second-order valence-corrected chi connectivity index (χ2v) is 7.29. The van der Waals surface area contributed by atoms with E-state index in [2.05, 4.69) is 10.6 Å². The lowest BCUT2D eigenvalue weighted by Gasteiger charge is -2.39. The summed E-state index contributed by atoms with van der Waals surface area (Å²) in [7, 11) is 0. The molecule has 4 heterocycles. The molecule has 1 aromatic carbocycles. The topological polar surface area (TPSA) is 56.6 Å². The molecule has 5 rings (SSSR count). The Kier molecular flexibility index (Phi) is 3.57. The molecular weight excluding hydrogens is 318 g/mol. The summed E-state index contributed by atoms with van der Waals surface area (Å²) in [5.41, 5.74) is 2.21. The summed E-state index contributed by atoms with van der Waals surface area (Å²) in [5.74, 6) is 0.939. The highest BCUT2D eigenvalue weighted by Crippen LogP contribution is 2.33. The number of para-hydroxylation sites is 2. The van der Waals surface area contributed by atoms with Crippen LogP contribution in [0.25, 0.3) is 11.0 Å². The predicted octanol–water partition coefficient (Wildman–Crippen LogP) is 1.96. The normalized spacial score (nSPS) is 25.4. The number of benzene rings is 1. The smallest absolute Gasteiger partial charge is 0.226 e. The van der Waals surface area contributed by atoms with Crippen LogP contribution in [0.2, 0.25) is 0 Å². The molecule has 0 radical (unpaired) electrons. The minimum absolute atomic E-state index is 0.0452. The molecule has 3 aliphatic heterocycles. The van der Waals surface area contributed by atoms with Crippen LogP contribution in [0.1, 0.15) is 25.1 Å². The zero-order chi connectivity index (χ0) is 16.9. The molecule has 1 unspecified atom stereocenters. The summed E-state index contributed by atoms with van der Waals surface area (Å²) in [6.07, 6.45) is 3.19. The molecule has 0 aliphatic carbocycles. The van der Waals surface area contributed by atoms with Crippen molar-refractivity contribution in [2.45, 2.75) is 38.0 Å². The van der Waals surface area contributed by atoms with Gasteiger partial charge in [-0.3, -0.25) is 4.79 Å². The predicted molar refractivity (Wildman–Crippen MR) is 92.0 cm³/mol. The van der Waals surface area contributed by atoms with Gasteiger partial charge < -0.3 is 18.9 Å². The molecule has 3 aliphatic rings. The number of amides is 1. The Hall–Kier alpha value is -1.92. The van der Waals surface area contributed by atoms with E-state index < -0.39 is 5.79 Å². The first-order chi connectivity index (χ1) is 12.2. The third-order valence-electron chi connectivity index (χ3n) is 5.86. The van der Waals surface area contributed by atoms with Crippen molar-refractivity contribution < 1.29 is 14.3 Å². The second-order valence-electron chi connectivity index (χ2n) is 7.29. The minimum Gasteiger partial charge on any atom is -0.347 e. The summed E-state index contributed by atoms with van der Waals surface area (Å²) >= 11 is 0. The van der Waals surface area contributed by atoms with Gasteiger partial charge in [0.05, 0.1) is 24.2 Å². The zero-order valence-corrected chi connectivity index (χ0v) is 14.3. The van der Waals surface area contributed by atoms with Crippen molar-refractivity contribution >= 4 is 16.9 Å². The van der Waals surface area contributed by atoms with Gasteiger partial charge in [-0.25, -0.2) is 4.98 Å². The maximum Gasteiger partial charge on any atom is 0.226 e. The third kappa shape index (κ3) is 2.55. The Labute approximate surface area is 146 Å². The van der Waals surface area contributed by atoms with E-state index in [-0.39, 0.29) is 11.8 Å². The van der Waals surface area contributed by atoms with Crippen LogP contribution in [0.4, 0.5) is 0 Å². The molecule has 6 nitrogen and oxygen atoms in total. The average Bonchev–Trinajstić information content (AvgIpc) is 3.25. The third-order valence-corrected chi connectivity index (χ3v) is 5.86. The first-order valence-corrected chi connectivity index (χ1v) is 9.25. The fraction of sp³-hybridized carbons (Fsp3) is 0.579. The Bertz CT molecular complexity index is 799. The van der Waals surface area contributed by atoms with Gasteiger partial charge in [0.15, 0.2) is 5.79 Å². The summed E-state index contributed by atoms with van der Waals surface area (Å²) < 4.78 is 13.8. The average molecular weight is 341 g/mol. The molecule has 2 saturated heterocycles. The van der Waals surface area contributed by atoms with Crippen LogP contribution in [-0.4, -0.2) is 52.4 Å². The van der Waals surface area contributed by atoms with Crippen molar-refractivity contribution in [1.82, 2.24) is 14.5 Å². The Morgan fingerprint density at radius 2 is 1.88 bits per heavy atom. The van der Waals surface area contributed by atoms with Crippen LogP contribution < -0.4 is 0 Å². The van der Waals surface area contributed by atoms with Gasteiger partial charge in [0, 0.05) is 44.8 Å². The van der Waals surface area contributed by atoms with Gasteiger partial charge in [0.25, 0.3) is 0 Å². The molecule has 132 valence electrons. The number of ether oxygens (including phenoxy) is 2. The molecule has 0 bridgehead atoms. The molecule has 1 aromatic heterocycles. The number of aryl methyl sites for hydroxylation is 1. The van der Waals surface area contributed by atoms with Crippen LogP contribution in [0.15, 0.2) is 24.3 Å². The molecule has 2 aromatic rings. The van der Waals surface area contributed by atoms with E-state index in [0.29, 0.717) is 13.2 Å². The quantitative estimate of drug-likeness (QED) is 0.796. The lowest BCUT2D eigenvalue weighted by atomic mass is 9.94. The Morgan fingerprint density at radius 3 is 2.68 bits per heavy atom. The maximum atomic E-state index is 13.0. The molecule has 6 heteroatoms. The number of rotatable bonds is 1. The van der Waals surface area contributed by atoms with Crippen molar-refractivity contribution in [2.75, 3.05) is 26.3 Å². The van der Waals surface area contributed by atoms with Gasteiger partial charge in [-0.15, -0.1) is 0 Å². The fourth-order valence-corrected chi connectivity index (χ4v) is 4.46. The molecule has 25 heavy (non-hydrogen) atoms. The van der Waals surface area contributed by atoms with Gasteiger partial charge in [0.2, 0.25) is 5.91 Å². The number of aromatic nitrogens is 2. The number of carbonyl (C=O) groups is 1. The van der Waals surface area contributed by atoms with E-state index in [1.807, 2.05) is 23.1 Å². The van der Waals surface area contributed by atoms with Crippen LogP contribution in [0.5, 0.6) is 0 Å². The lowest BCUT2D eigenvalue weighted by molar-refractivity contribution is -0.188. The SMILES string of the molecule is O=C(C1CCn2c(nc3ccccc32)C1)N1CCC2(CC1)OCCO2. The summed E-state index contributed by atoms with van der Waals surface area (Å²) in [5, 5.41) is 0. The van der Waals surface area contributed by atoms with E-state index >= 15 is 0 Å². The molecule has 0 saturated carbocycles. The largest absolute Gasteiger partial charge is 0.347 e. The van der Waals surface area contributed by atoms with Crippen molar-refractivity contribution in [1.29, 1.82) is 0 Å². The number of piperidine rings is 1. The van der Waals surface area contributed by atoms with Crippen LogP contribution in [0.3, 0.4) is 0 Å². The number of imidazole rings is 1. The highest BCUT2D eigenvalue weighted by atomic mass is 16.7. The van der Waals surface area contributed by atoms with Gasteiger partial charge in [0.1, 0.15) is 5.82 Å². The number of hydrogen-bond acceptors (Lipinski definition) is 4. The van der Waals surface area contributed by atoms with Crippen molar-refractivity contribution in [3.05, 3.63) is 30.1 Å². The number of fused-ring (bicyclic) bond motifs is 3. The fourth-order valence-electron chi connectivity index (χ4n) is 4.46. The Balaban J connectivity index is 1.29. The van der Waals surface area contributed by atoms with E-state index in [1.165, 1.54) is 5.52 Å². The molecule has 1 atom stereocenters. The first-order valence-electron chi connectivity index (χ1n) is 9.25. The number of carbonyl (C=O) groups excluding carboxylic acids is 1. The van der Waals surface area contributed by atoms with E-state index in [1.54, 1.807) is 0 Å². The minimum atomic E-state index is -0.419. The number of nitrogens with zero attached hydrogens (tertiary/aromatic N) is 3. The Morgan fingerprint density at radius 1 is 1.12 bits per heavy atom. The molecule has 1 amide bonds. The molecule has 2 fully saturated rings. The van der Waals surface area contributed by atoms with Crippen molar-refractivity contribution in [3.63, 3.8) is 0 Å². The molecular formula is C19H23N3O3. The maximum absolute atomic E-state index is 13.0. The van der Waals surface area contributed by atoms with Crippen molar-refractivity contribution in [3.8, 4) is 0 Å². The highest BCUT2D eigenvalue weighted by Gasteiger charge is 2.42. The van der Waals surface area contributed by atoms with E-state index in [4.69, 9.17) is 14.5 Å². The zero-order valence-electron chi connectivity index (χ0n) is 14.3. The second kappa shape index (κ2) is 5.81. The summed E-state index contributed by atoms with van der Waals surface area (Å²) in [6, 6.07) is 8.22. The van der Waals surface area contributed by atoms with Gasteiger partial charge in [-0.05, 0) is 18.6 Å². The highest BCUT2D eigenvalue weighted by molar-refractivity contribution is 5.80. The van der Waals surface area contributed by atoms with Crippen LogP contribution in [-0.2, 0) is 27.2 Å². The molecule has 1 spiro atoms. The monoisotopic (exact) mass is 341 g/mol. The molecule has 0 N–H and O–H groups in total.